The fraction of sp³-hybridized carbons (Fsp3) is 0.214. The number of nitrogens with two attached hydrogens (primary N) is 1. The third-order valence-corrected chi connectivity index (χ3v) is 3.66. The lowest BCUT2D eigenvalue weighted by atomic mass is 10.1. The van der Waals surface area contributed by atoms with Crippen molar-refractivity contribution >= 4 is 27.7 Å². The van der Waals surface area contributed by atoms with Crippen molar-refractivity contribution in [2.24, 2.45) is 5.73 Å². The normalized spacial score (nSPS) is 12.6. The second-order valence-electron chi connectivity index (χ2n) is 4.67. The van der Waals surface area contributed by atoms with Gasteiger partial charge in [-0.05, 0) is 29.8 Å². The van der Waals surface area contributed by atoms with Crippen LogP contribution >= 0.6 is 15.9 Å². The summed E-state index contributed by atoms with van der Waals surface area (Å²) in [6, 6.07) is 7.31. The van der Waals surface area contributed by atoms with Gasteiger partial charge in [0.05, 0.1) is 6.61 Å². The highest BCUT2D eigenvalue weighted by Crippen LogP contribution is 2.33. The molecule has 3 N–H and O–H groups in total. The van der Waals surface area contributed by atoms with E-state index in [9.17, 15) is 4.79 Å². The largest absolute Gasteiger partial charge is 0.493 e. The number of halogens is 1. The maximum Gasteiger partial charge on any atom is 0.269 e. The maximum absolute atomic E-state index is 10.9. The molecule has 1 aliphatic rings. The zero-order chi connectivity index (χ0) is 14.8. The summed E-state index contributed by atoms with van der Waals surface area (Å²) in [4.78, 5) is 10.9. The van der Waals surface area contributed by atoms with Gasteiger partial charge < -0.3 is 15.8 Å². The molecule has 2 aromatic rings. The molecule has 1 aromatic carbocycles. The monoisotopic (exact) mass is 348 g/mol. The van der Waals surface area contributed by atoms with E-state index < -0.39 is 5.91 Å². The summed E-state index contributed by atoms with van der Waals surface area (Å²) in [6.07, 6.45) is 0.925. The van der Waals surface area contributed by atoms with Crippen LogP contribution in [0.15, 0.2) is 28.7 Å². The summed E-state index contributed by atoms with van der Waals surface area (Å²) in [6.45, 7) is 1.28. The van der Waals surface area contributed by atoms with Crippen LogP contribution in [-0.2, 0) is 13.0 Å². The van der Waals surface area contributed by atoms with Gasteiger partial charge in [0.25, 0.3) is 5.91 Å². The topological polar surface area (TPSA) is 90.1 Å². The lowest BCUT2D eigenvalue weighted by Crippen LogP contribution is -2.14. The summed E-state index contributed by atoms with van der Waals surface area (Å²) in [7, 11) is 0. The SMILES string of the molecule is NC(=O)c1ccc(NCc2cc(Br)cc3c2OCC3)nn1. The number of aromatic nitrogens is 2. The van der Waals surface area contributed by atoms with Crippen molar-refractivity contribution in [3.63, 3.8) is 0 Å². The summed E-state index contributed by atoms with van der Waals surface area (Å²) < 4.78 is 6.69. The van der Waals surface area contributed by atoms with E-state index >= 15 is 0 Å². The Morgan fingerprint density at radius 3 is 2.95 bits per heavy atom. The molecule has 21 heavy (non-hydrogen) atoms. The van der Waals surface area contributed by atoms with E-state index in [1.54, 1.807) is 12.1 Å². The first-order valence-electron chi connectivity index (χ1n) is 6.45. The van der Waals surface area contributed by atoms with Gasteiger partial charge in [-0.2, -0.15) is 0 Å². The average Bonchev–Trinajstić information content (AvgIpc) is 2.93. The summed E-state index contributed by atoms with van der Waals surface area (Å²) >= 11 is 3.50. The van der Waals surface area contributed by atoms with Gasteiger partial charge >= 0.3 is 0 Å². The highest BCUT2D eigenvalue weighted by Gasteiger charge is 2.17. The smallest absolute Gasteiger partial charge is 0.269 e. The number of rotatable bonds is 4. The van der Waals surface area contributed by atoms with Gasteiger partial charge in [0.15, 0.2) is 5.69 Å². The molecular weight excluding hydrogens is 336 g/mol. The van der Waals surface area contributed by atoms with Crippen molar-refractivity contribution in [3.05, 3.63) is 45.6 Å². The Bertz CT molecular complexity index is 688. The van der Waals surface area contributed by atoms with E-state index in [4.69, 9.17) is 10.5 Å². The Kier molecular flexibility index (Phi) is 3.74. The van der Waals surface area contributed by atoms with Gasteiger partial charge in [-0.1, -0.05) is 15.9 Å². The Balaban J connectivity index is 1.75. The first-order chi connectivity index (χ1) is 10.1. The van der Waals surface area contributed by atoms with Crippen molar-refractivity contribution in [2.45, 2.75) is 13.0 Å². The molecule has 0 spiro atoms. The molecule has 0 saturated carbocycles. The second-order valence-corrected chi connectivity index (χ2v) is 5.59. The number of primary amides is 1. The van der Waals surface area contributed by atoms with Crippen molar-refractivity contribution in [1.82, 2.24) is 10.2 Å². The van der Waals surface area contributed by atoms with Crippen LogP contribution in [0.3, 0.4) is 0 Å². The molecule has 0 fully saturated rings. The lowest BCUT2D eigenvalue weighted by Gasteiger charge is -2.10. The lowest BCUT2D eigenvalue weighted by molar-refractivity contribution is 0.0994. The zero-order valence-electron chi connectivity index (χ0n) is 11.1. The average molecular weight is 349 g/mol. The highest BCUT2D eigenvalue weighted by atomic mass is 79.9. The van der Waals surface area contributed by atoms with Gasteiger partial charge in [-0.3, -0.25) is 4.79 Å². The number of ether oxygens (including phenoxy) is 1. The van der Waals surface area contributed by atoms with E-state index in [0.717, 1.165) is 22.2 Å². The molecule has 1 aliphatic heterocycles. The van der Waals surface area contributed by atoms with Crippen LogP contribution in [0.5, 0.6) is 5.75 Å². The number of fused-ring (bicyclic) bond motifs is 1. The predicted molar refractivity (Wildman–Crippen MR) is 81.2 cm³/mol. The van der Waals surface area contributed by atoms with E-state index in [1.807, 2.05) is 6.07 Å². The first kappa shape index (κ1) is 13.8. The molecule has 0 unspecified atom stereocenters. The van der Waals surface area contributed by atoms with E-state index in [0.29, 0.717) is 19.0 Å². The van der Waals surface area contributed by atoms with Gasteiger partial charge in [-0.15, -0.1) is 10.2 Å². The number of anilines is 1. The number of nitrogens with zero attached hydrogens (tertiary/aromatic N) is 2. The third kappa shape index (κ3) is 2.97. The quantitative estimate of drug-likeness (QED) is 0.880. The van der Waals surface area contributed by atoms with Crippen LogP contribution in [0, 0.1) is 0 Å². The molecule has 0 saturated heterocycles. The fourth-order valence-corrected chi connectivity index (χ4v) is 2.77. The van der Waals surface area contributed by atoms with Crippen LogP contribution in [-0.4, -0.2) is 22.7 Å². The molecule has 108 valence electrons. The van der Waals surface area contributed by atoms with Gasteiger partial charge in [0.2, 0.25) is 0 Å². The Hall–Kier alpha value is -2.15. The highest BCUT2D eigenvalue weighted by molar-refractivity contribution is 9.10. The minimum absolute atomic E-state index is 0.146. The molecule has 7 heteroatoms. The Labute approximate surface area is 129 Å². The van der Waals surface area contributed by atoms with Crippen molar-refractivity contribution in [1.29, 1.82) is 0 Å². The molecule has 3 rings (SSSR count). The van der Waals surface area contributed by atoms with E-state index in [1.165, 1.54) is 5.56 Å². The molecule has 0 atom stereocenters. The fourth-order valence-electron chi connectivity index (χ4n) is 2.22. The van der Waals surface area contributed by atoms with Crippen LogP contribution in [0.4, 0.5) is 5.82 Å². The standard InChI is InChI=1S/C14H13BrN4O2/c15-10-5-8-3-4-21-13(8)9(6-10)7-17-12-2-1-11(14(16)20)18-19-12/h1-2,5-6H,3-4,7H2,(H2,16,20)(H,17,19). The third-order valence-electron chi connectivity index (χ3n) is 3.20. The first-order valence-corrected chi connectivity index (χ1v) is 7.24. The Morgan fingerprint density at radius 2 is 2.24 bits per heavy atom. The molecule has 2 heterocycles. The van der Waals surface area contributed by atoms with Crippen LogP contribution in [0.2, 0.25) is 0 Å². The predicted octanol–water partition coefficient (Wildman–Crippen LogP) is 1.89. The van der Waals surface area contributed by atoms with E-state index in [-0.39, 0.29) is 5.69 Å². The summed E-state index contributed by atoms with van der Waals surface area (Å²) in [5, 5.41) is 10.8. The Morgan fingerprint density at radius 1 is 1.38 bits per heavy atom. The van der Waals surface area contributed by atoms with Crippen molar-refractivity contribution in [2.75, 3.05) is 11.9 Å². The minimum atomic E-state index is -0.591. The maximum atomic E-state index is 10.9. The summed E-state index contributed by atoms with van der Waals surface area (Å²) in [5.41, 5.74) is 7.53. The van der Waals surface area contributed by atoms with Crippen LogP contribution in [0.1, 0.15) is 21.6 Å². The van der Waals surface area contributed by atoms with Gasteiger partial charge in [-0.25, -0.2) is 0 Å². The minimum Gasteiger partial charge on any atom is -0.493 e. The zero-order valence-corrected chi connectivity index (χ0v) is 12.7. The molecule has 1 amide bonds. The van der Waals surface area contributed by atoms with Gasteiger partial charge in [0.1, 0.15) is 11.6 Å². The molecule has 1 aromatic heterocycles. The molecule has 0 bridgehead atoms. The number of carbonyl (C=O) groups excluding carboxylic acids is 1. The van der Waals surface area contributed by atoms with Crippen molar-refractivity contribution in [3.8, 4) is 5.75 Å². The number of benzene rings is 1. The molecule has 0 aliphatic carbocycles. The molecule has 0 radical (unpaired) electrons. The van der Waals surface area contributed by atoms with Crippen LogP contribution < -0.4 is 15.8 Å². The molecule has 6 nitrogen and oxygen atoms in total. The van der Waals surface area contributed by atoms with Crippen LogP contribution in [0.25, 0.3) is 0 Å². The number of nitrogens with one attached hydrogen (secondary N) is 1. The van der Waals surface area contributed by atoms with Crippen molar-refractivity contribution < 1.29 is 9.53 Å². The number of hydrogen-bond donors (Lipinski definition) is 2. The second kappa shape index (κ2) is 5.69. The molecular formula is C14H13BrN4O2. The number of amides is 1. The number of hydrogen-bond acceptors (Lipinski definition) is 5. The number of carbonyl (C=O) groups is 1. The van der Waals surface area contributed by atoms with Gasteiger partial charge in [0, 0.05) is 23.0 Å². The summed E-state index contributed by atoms with van der Waals surface area (Å²) in [5.74, 6) is 0.923. The van der Waals surface area contributed by atoms with E-state index in [2.05, 4.69) is 37.5 Å².